The number of hydrogen-bond donors (Lipinski definition) is 0. The molecule has 66 heavy (non-hydrogen) atoms. The van der Waals surface area contributed by atoms with Gasteiger partial charge in [0.05, 0.1) is 0 Å². The molecule has 12 rings (SSSR count). The van der Waals surface area contributed by atoms with Crippen molar-refractivity contribution >= 4 is 0 Å². The second kappa shape index (κ2) is 17.0. The Labute approximate surface area is 387 Å². The van der Waals surface area contributed by atoms with E-state index >= 15 is 0 Å². The van der Waals surface area contributed by atoms with Crippen molar-refractivity contribution in [3.05, 3.63) is 262 Å². The van der Waals surface area contributed by atoms with Crippen molar-refractivity contribution in [3.8, 4) is 47.4 Å². The zero-order chi connectivity index (χ0) is 44.3. The van der Waals surface area contributed by atoms with Gasteiger partial charge in [0.1, 0.15) is 0 Å². The molecular formula is C62H44N4. The molecule has 4 aromatic carbocycles. The van der Waals surface area contributed by atoms with Crippen molar-refractivity contribution in [2.75, 3.05) is 0 Å². The molecule has 0 radical (unpaired) electrons. The third-order valence-electron chi connectivity index (χ3n) is 14.1. The molecular weight excluding hydrogens is 801 g/mol. The van der Waals surface area contributed by atoms with Crippen molar-refractivity contribution < 1.29 is 0 Å². The Kier molecular flexibility index (Phi) is 10.4. The van der Waals surface area contributed by atoms with E-state index in [2.05, 4.69) is 164 Å². The van der Waals surface area contributed by atoms with Crippen LogP contribution in [0.5, 0.6) is 0 Å². The van der Waals surface area contributed by atoms with Gasteiger partial charge in [-0.25, -0.2) is 0 Å². The molecule has 0 N–H and O–H groups in total. The van der Waals surface area contributed by atoms with E-state index < -0.39 is 0 Å². The van der Waals surface area contributed by atoms with Crippen molar-refractivity contribution in [2.24, 2.45) is 0 Å². The summed E-state index contributed by atoms with van der Waals surface area (Å²) in [6.45, 7) is 0. The number of pyridine rings is 4. The quantitative estimate of drug-likeness (QED) is 0.166. The summed E-state index contributed by atoms with van der Waals surface area (Å²) in [5, 5.41) is 0. The maximum atomic E-state index is 4.26. The Balaban J connectivity index is 1.04. The largest absolute Gasteiger partial charge is 0.263 e. The first-order valence-electron chi connectivity index (χ1n) is 22.6. The molecule has 4 aromatic heterocycles. The van der Waals surface area contributed by atoms with Crippen molar-refractivity contribution in [1.29, 1.82) is 0 Å². The zero-order valence-corrected chi connectivity index (χ0v) is 36.5. The van der Waals surface area contributed by atoms with E-state index in [1.807, 2.05) is 73.3 Å². The Morgan fingerprint density at radius 2 is 0.439 bits per heavy atom. The summed E-state index contributed by atoms with van der Waals surface area (Å²) in [4.78, 5) is 17.0. The van der Waals surface area contributed by atoms with Crippen LogP contribution in [0.2, 0.25) is 0 Å². The lowest BCUT2D eigenvalue weighted by molar-refractivity contribution is -0.0691. The van der Waals surface area contributed by atoms with Gasteiger partial charge in [-0.15, -0.1) is 0 Å². The van der Waals surface area contributed by atoms with Gasteiger partial charge in [-0.2, -0.15) is 0 Å². The molecule has 0 aliphatic heterocycles. The van der Waals surface area contributed by atoms with Crippen LogP contribution in [0, 0.1) is 47.4 Å². The van der Waals surface area contributed by atoms with Gasteiger partial charge in [-0.05, 0) is 180 Å². The predicted molar refractivity (Wildman–Crippen MR) is 261 cm³/mol. The number of aromatic nitrogens is 4. The standard InChI is InChI=1S/C62H44N4/c1-5-51(37-63-33-1)13-9-47-17-25-55(26-18-47)59-41-60(56-27-19-48(20-28-56)10-14-52-6-2-34-64-38-52)44-61(42-59,57-29-21-49(22-30-57)11-15-53-7-3-35-65-39-53)46-62(43-59,45-60)58-31-23-50(24-32-58)12-16-54-8-4-36-66-40-54/h1-8,17-40H,41-46H2. The Morgan fingerprint density at radius 1 is 0.242 bits per heavy atom. The van der Waals surface area contributed by atoms with Crippen LogP contribution in [0.1, 0.15) is 105 Å². The summed E-state index contributed by atoms with van der Waals surface area (Å²) < 4.78 is 0. The minimum Gasteiger partial charge on any atom is -0.263 e. The van der Waals surface area contributed by atoms with E-state index in [9.17, 15) is 0 Å². The number of benzene rings is 4. The average Bonchev–Trinajstić information content (AvgIpc) is 3.37. The fraction of sp³-hybridized carbons (Fsp3) is 0.161. The molecule has 4 bridgehead atoms. The Morgan fingerprint density at radius 3 is 0.621 bits per heavy atom. The molecule has 0 unspecified atom stereocenters. The van der Waals surface area contributed by atoms with Crippen LogP contribution in [0.4, 0.5) is 0 Å². The minimum absolute atomic E-state index is 0.111. The first-order valence-corrected chi connectivity index (χ1v) is 22.6. The number of nitrogens with zero attached hydrogens (tertiary/aromatic N) is 4. The van der Waals surface area contributed by atoms with Crippen molar-refractivity contribution in [3.63, 3.8) is 0 Å². The van der Waals surface area contributed by atoms with Crippen molar-refractivity contribution in [2.45, 2.75) is 60.2 Å². The van der Waals surface area contributed by atoms with Gasteiger partial charge >= 0.3 is 0 Å². The molecule has 0 spiro atoms. The zero-order valence-electron chi connectivity index (χ0n) is 36.5. The van der Waals surface area contributed by atoms with E-state index in [1.54, 1.807) is 24.8 Å². The highest BCUT2D eigenvalue weighted by Crippen LogP contribution is 2.74. The normalized spacial score (nSPS) is 21.9. The predicted octanol–water partition coefficient (Wildman–Crippen LogP) is 11.3. The second-order valence-electron chi connectivity index (χ2n) is 18.5. The molecule has 4 nitrogen and oxygen atoms in total. The Bertz CT molecular complexity index is 2790. The smallest absolute Gasteiger partial charge is 0.0432 e. The molecule has 4 fully saturated rings. The highest BCUT2D eigenvalue weighted by Gasteiger charge is 2.69. The van der Waals surface area contributed by atoms with Crippen LogP contribution in [-0.4, -0.2) is 19.9 Å². The van der Waals surface area contributed by atoms with Gasteiger partial charge in [-0.1, -0.05) is 95.9 Å². The molecule has 8 aromatic rings. The maximum Gasteiger partial charge on any atom is 0.0432 e. The number of rotatable bonds is 4. The van der Waals surface area contributed by atoms with Crippen LogP contribution in [0.25, 0.3) is 0 Å². The summed E-state index contributed by atoms with van der Waals surface area (Å²) in [5.41, 5.74) is 12.8. The van der Waals surface area contributed by atoms with Gasteiger partial charge in [0.2, 0.25) is 0 Å². The third-order valence-corrected chi connectivity index (χ3v) is 14.1. The second-order valence-corrected chi connectivity index (χ2v) is 18.5. The van der Waals surface area contributed by atoms with Gasteiger partial charge in [0.15, 0.2) is 0 Å². The Hall–Kier alpha value is -8.28. The minimum atomic E-state index is -0.111. The summed E-state index contributed by atoms with van der Waals surface area (Å²) in [6.07, 6.45) is 20.8. The molecule has 4 heteroatoms. The van der Waals surface area contributed by atoms with Crippen LogP contribution in [0.3, 0.4) is 0 Å². The number of hydrogen-bond acceptors (Lipinski definition) is 4. The summed E-state index contributed by atoms with van der Waals surface area (Å²) in [6, 6.07) is 52.5. The van der Waals surface area contributed by atoms with Crippen LogP contribution in [0.15, 0.2) is 195 Å². The van der Waals surface area contributed by atoms with E-state index in [4.69, 9.17) is 0 Å². The van der Waals surface area contributed by atoms with Gasteiger partial charge < -0.3 is 0 Å². The average molecular weight is 845 g/mol. The molecule has 0 atom stereocenters. The first kappa shape index (κ1) is 40.5. The van der Waals surface area contributed by atoms with E-state index in [0.29, 0.717) is 0 Å². The molecule has 4 aliphatic rings. The fourth-order valence-corrected chi connectivity index (χ4v) is 11.8. The molecule has 4 saturated carbocycles. The maximum absolute atomic E-state index is 4.26. The summed E-state index contributed by atoms with van der Waals surface area (Å²) >= 11 is 0. The third kappa shape index (κ3) is 8.08. The molecule has 4 aliphatic carbocycles. The van der Waals surface area contributed by atoms with Crippen LogP contribution in [-0.2, 0) is 21.7 Å². The molecule has 0 saturated heterocycles. The van der Waals surface area contributed by atoms with Crippen LogP contribution < -0.4 is 0 Å². The highest BCUT2D eigenvalue weighted by atomic mass is 14.7. The monoisotopic (exact) mass is 844 g/mol. The van der Waals surface area contributed by atoms with Gasteiger partial charge in [-0.3, -0.25) is 19.9 Å². The van der Waals surface area contributed by atoms with E-state index in [0.717, 1.165) is 83.0 Å². The lowest BCUT2D eigenvalue weighted by Gasteiger charge is -2.71. The lowest BCUT2D eigenvalue weighted by Crippen LogP contribution is -2.67. The van der Waals surface area contributed by atoms with Crippen molar-refractivity contribution in [1.82, 2.24) is 19.9 Å². The van der Waals surface area contributed by atoms with Crippen LogP contribution >= 0.6 is 0 Å². The van der Waals surface area contributed by atoms with E-state index in [1.165, 1.54) is 22.3 Å². The summed E-state index contributed by atoms with van der Waals surface area (Å²) in [7, 11) is 0. The van der Waals surface area contributed by atoms with Gasteiger partial charge in [0, 0.05) is 94.1 Å². The first-order chi connectivity index (χ1) is 32.5. The molecule has 4 heterocycles. The highest BCUT2D eigenvalue weighted by molar-refractivity contribution is 5.54. The van der Waals surface area contributed by atoms with E-state index in [-0.39, 0.29) is 21.7 Å². The molecule has 0 amide bonds. The fourth-order valence-electron chi connectivity index (χ4n) is 11.8. The summed E-state index contributed by atoms with van der Waals surface area (Å²) in [5.74, 6) is 26.9. The SMILES string of the molecule is C(#Cc1cccnc1)c1ccc(C23CC4(c5ccc(C#Cc6cccnc6)cc5)CC(c5ccc(C#Cc6cccnc6)cc5)(C2)CC(c2ccc(C#Cc5cccnc5)cc2)(C3)C4)cc1. The van der Waals surface area contributed by atoms with Gasteiger partial charge in [0.25, 0.3) is 0 Å². The topological polar surface area (TPSA) is 51.6 Å². The lowest BCUT2D eigenvalue weighted by atomic mass is 9.32. The molecule has 312 valence electrons.